The van der Waals surface area contributed by atoms with E-state index in [1.807, 2.05) is 90.9 Å². The van der Waals surface area contributed by atoms with Crippen molar-refractivity contribution in [3.05, 3.63) is 84.1 Å². The Bertz CT molecular complexity index is 2520. The summed E-state index contributed by atoms with van der Waals surface area (Å²) in [4.78, 5) is 46.5. The van der Waals surface area contributed by atoms with Crippen LogP contribution in [-0.4, -0.2) is 71.5 Å². The summed E-state index contributed by atoms with van der Waals surface area (Å²) in [5.41, 5.74) is 12.5. The maximum atomic E-state index is 12.4. The van der Waals surface area contributed by atoms with Gasteiger partial charge in [-0.2, -0.15) is 10.1 Å². The molecule has 2 amide bonds. The molecule has 0 aliphatic carbocycles. The predicted molar refractivity (Wildman–Crippen MR) is 233 cm³/mol. The summed E-state index contributed by atoms with van der Waals surface area (Å²) < 4.78 is 14.0. The number of amides is 2. The topological polar surface area (TPSA) is 220 Å². The average molecular weight is 832 g/mol. The molecule has 0 aliphatic heterocycles. The van der Waals surface area contributed by atoms with E-state index in [-0.39, 0.29) is 17.8 Å². The van der Waals surface area contributed by atoms with Gasteiger partial charge in [0.25, 0.3) is 5.91 Å². The number of rotatable bonds is 22. The second-order valence-corrected chi connectivity index (χ2v) is 15.3. The van der Waals surface area contributed by atoms with Crippen molar-refractivity contribution >= 4 is 62.0 Å². The highest BCUT2D eigenvalue weighted by atomic mass is 32.1. The first-order valence-corrected chi connectivity index (χ1v) is 21.1. The third kappa shape index (κ3) is 10.9. The SMILES string of the molecule is CCNC(=O)c1cc2c(-c3cccc(OCCCCCCOc4ccc(Nc5nc(-c6cnn(CCCCCCC(=O)NO)c6)c6cc[nH]c6n5)cc4)c3)nc(N)nc2s1. The zero-order valence-corrected chi connectivity index (χ0v) is 34.3. The molecule has 7 N–H and O–H groups in total. The molecule has 0 bridgehead atoms. The Morgan fingerprint density at radius 3 is 2.40 bits per heavy atom. The van der Waals surface area contributed by atoms with Crippen molar-refractivity contribution in [1.29, 1.82) is 0 Å². The lowest BCUT2D eigenvalue weighted by atomic mass is 10.1. The largest absolute Gasteiger partial charge is 0.494 e. The Morgan fingerprint density at radius 2 is 1.60 bits per heavy atom. The van der Waals surface area contributed by atoms with Gasteiger partial charge in [0.1, 0.15) is 22.0 Å². The molecule has 60 heavy (non-hydrogen) atoms. The van der Waals surface area contributed by atoms with Gasteiger partial charge in [-0.25, -0.2) is 20.4 Å². The van der Waals surface area contributed by atoms with Crippen LogP contribution in [0.5, 0.6) is 11.5 Å². The Morgan fingerprint density at radius 1 is 0.833 bits per heavy atom. The number of aromatic nitrogens is 7. The molecule has 0 atom stereocenters. The van der Waals surface area contributed by atoms with Crippen LogP contribution in [0.2, 0.25) is 0 Å². The van der Waals surface area contributed by atoms with Crippen molar-refractivity contribution in [2.45, 2.75) is 71.3 Å². The van der Waals surface area contributed by atoms with Crippen LogP contribution in [0.3, 0.4) is 0 Å². The number of hydrogen-bond acceptors (Lipinski definition) is 13. The zero-order valence-electron chi connectivity index (χ0n) is 33.4. The monoisotopic (exact) mass is 831 g/mol. The molecular formula is C43H49N11O5S. The molecule has 7 aromatic rings. The average Bonchev–Trinajstić information content (AvgIpc) is 4.04. The van der Waals surface area contributed by atoms with Crippen molar-refractivity contribution in [1.82, 2.24) is 45.5 Å². The van der Waals surface area contributed by atoms with Gasteiger partial charge in [-0.3, -0.25) is 19.5 Å². The van der Waals surface area contributed by atoms with E-state index in [9.17, 15) is 9.59 Å². The van der Waals surface area contributed by atoms with E-state index in [1.54, 1.807) is 5.48 Å². The molecule has 5 aromatic heterocycles. The Labute approximate surface area is 350 Å². The molecule has 17 heteroatoms. The van der Waals surface area contributed by atoms with Gasteiger partial charge < -0.3 is 30.8 Å². The van der Waals surface area contributed by atoms with Crippen LogP contribution in [0.15, 0.2) is 79.3 Å². The van der Waals surface area contributed by atoms with E-state index in [2.05, 4.69) is 35.7 Å². The van der Waals surface area contributed by atoms with Crippen LogP contribution in [0.25, 0.3) is 43.8 Å². The number of H-pyrrole nitrogens is 1. The maximum Gasteiger partial charge on any atom is 0.261 e. The van der Waals surface area contributed by atoms with Crippen molar-refractivity contribution in [3.63, 3.8) is 0 Å². The molecule has 7 rings (SSSR count). The lowest BCUT2D eigenvalue weighted by molar-refractivity contribution is -0.129. The first-order valence-electron chi connectivity index (χ1n) is 20.3. The van der Waals surface area contributed by atoms with Crippen LogP contribution in [0.1, 0.15) is 74.4 Å². The fourth-order valence-electron chi connectivity index (χ4n) is 6.75. The molecule has 0 spiro atoms. The number of nitrogens with zero attached hydrogens (tertiary/aromatic N) is 6. The van der Waals surface area contributed by atoms with Crippen molar-refractivity contribution in [3.8, 4) is 34.0 Å². The van der Waals surface area contributed by atoms with E-state index in [0.717, 1.165) is 108 Å². The van der Waals surface area contributed by atoms with Gasteiger partial charge in [0, 0.05) is 59.5 Å². The number of hydrogen-bond donors (Lipinski definition) is 6. The lowest BCUT2D eigenvalue weighted by Crippen LogP contribution is -2.21. The number of carbonyl (C=O) groups excluding carboxylic acids is 2. The summed E-state index contributed by atoms with van der Waals surface area (Å²) in [5, 5.41) is 21.0. The number of unbranched alkanes of at least 4 members (excludes halogenated alkanes) is 6. The van der Waals surface area contributed by atoms with Gasteiger partial charge in [0.2, 0.25) is 17.8 Å². The quantitative estimate of drug-likeness (QED) is 0.0217. The van der Waals surface area contributed by atoms with Crippen LogP contribution in [0.4, 0.5) is 17.6 Å². The number of benzene rings is 2. The summed E-state index contributed by atoms with van der Waals surface area (Å²) in [7, 11) is 0. The van der Waals surface area contributed by atoms with Crippen LogP contribution in [-0.2, 0) is 11.3 Å². The minimum absolute atomic E-state index is 0.141. The molecule has 312 valence electrons. The number of aromatic amines is 1. The molecule has 0 unspecified atom stereocenters. The highest BCUT2D eigenvalue weighted by molar-refractivity contribution is 7.20. The third-order valence-corrected chi connectivity index (χ3v) is 10.8. The van der Waals surface area contributed by atoms with Gasteiger partial charge in [0.15, 0.2) is 0 Å². The number of anilines is 3. The number of hydroxylamine groups is 1. The molecule has 2 aromatic carbocycles. The standard InChI is InChI=1S/C43H49N11O5S/c1-2-45-40(56)35-25-34-37(49-42(44)52-41(34)60-35)28-12-11-13-32(24-28)59-23-10-6-5-9-22-58-31-17-15-30(16-18-31)48-43-50-38(33-19-20-46-39(33)51-43)29-26-47-54(27-29)21-8-4-3-7-14-36(55)53-57/h11-13,15-20,24-27,57H,2-10,14,21-23H2,1H3,(H,45,56)(H,53,55)(H2,44,49,52)(H2,46,48,50,51). The second kappa shape index (κ2) is 20.4. The Hall–Kier alpha value is -6.59. The summed E-state index contributed by atoms with van der Waals surface area (Å²) in [5.74, 6) is 1.67. The minimum atomic E-state index is -0.351. The molecule has 0 aliphatic rings. The smallest absolute Gasteiger partial charge is 0.261 e. The first-order chi connectivity index (χ1) is 29.4. The normalized spacial score (nSPS) is 11.2. The van der Waals surface area contributed by atoms with Crippen molar-refractivity contribution in [2.24, 2.45) is 0 Å². The summed E-state index contributed by atoms with van der Waals surface area (Å²) in [6, 6.07) is 19.3. The van der Waals surface area contributed by atoms with Gasteiger partial charge >= 0.3 is 0 Å². The summed E-state index contributed by atoms with van der Waals surface area (Å²) >= 11 is 1.30. The Kier molecular flexibility index (Phi) is 14.1. The molecule has 0 fully saturated rings. The fourth-order valence-corrected chi connectivity index (χ4v) is 7.70. The van der Waals surface area contributed by atoms with Gasteiger partial charge in [0.05, 0.1) is 35.7 Å². The van der Waals surface area contributed by atoms with E-state index < -0.39 is 0 Å². The Balaban J connectivity index is 0.831. The number of ether oxygens (including phenoxy) is 2. The molecule has 16 nitrogen and oxygen atoms in total. The molecular weight excluding hydrogens is 783 g/mol. The number of aryl methyl sites for hydroxylation is 1. The van der Waals surface area contributed by atoms with Gasteiger partial charge in [-0.1, -0.05) is 25.0 Å². The van der Waals surface area contributed by atoms with Crippen molar-refractivity contribution < 1.29 is 24.3 Å². The first kappa shape index (κ1) is 41.6. The van der Waals surface area contributed by atoms with Gasteiger partial charge in [-0.15, -0.1) is 11.3 Å². The molecule has 5 heterocycles. The molecule has 0 saturated carbocycles. The summed E-state index contributed by atoms with van der Waals surface area (Å²) in [6.45, 7) is 4.38. The number of nitrogens with one attached hydrogen (secondary N) is 4. The van der Waals surface area contributed by atoms with Crippen LogP contribution >= 0.6 is 11.3 Å². The fraction of sp³-hybridized carbons (Fsp3) is 0.326. The van der Waals surface area contributed by atoms with Crippen LogP contribution in [0, 0.1) is 0 Å². The van der Waals surface area contributed by atoms with E-state index in [0.29, 0.717) is 47.5 Å². The third-order valence-electron chi connectivity index (χ3n) is 9.75. The van der Waals surface area contributed by atoms with Crippen LogP contribution < -0.4 is 31.3 Å². The number of fused-ring (bicyclic) bond motifs is 2. The summed E-state index contributed by atoms with van der Waals surface area (Å²) in [6.07, 6.45) is 13.4. The van der Waals surface area contributed by atoms with E-state index in [1.165, 1.54) is 11.3 Å². The second-order valence-electron chi connectivity index (χ2n) is 14.2. The number of nitrogen functional groups attached to an aromatic ring is 1. The van der Waals surface area contributed by atoms with Gasteiger partial charge in [-0.05, 0) is 94.0 Å². The molecule has 0 saturated heterocycles. The maximum absolute atomic E-state index is 12.4. The predicted octanol–water partition coefficient (Wildman–Crippen LogP) is 8.04. The highest BCUT2D eigenvalue weighted by Gasteiger charge is 2.17. The highest BCUT2D eigenvalue weighted by Crippen LogP contribution is 2.34. The number of carbonyl (C=O) groups is 2. The van der Waals surface area contributed by atoms with Crippen molar-refractivity contribution in [2.75, 3.05) is 30.8 Å². The number of thiophene rings is 1. The molecule has 0 radical (unpaired) electrons. The van der Waals surface area contributed by atoms with E-state index in [4.69, 9.17) is 25.4 Å². The zero-order chi connectivity index (χ0) is 41.7. The number of nitrogens with two attached hydrogens (primary N) is 1. The minimum Gasteiger partial charge on any atom is -0.494 e. The lowest BCUT2D eigenvalue weighted by Gasteiger charge is -2.10. The van der Waals surface area contributed by atoms with E-state index >= 15 is 0 Å².